The van der Waals surface area contributed by atoms with Gasteiger partial charge in [0.2, 0.25) is 11.8 Å². The van der Waals surface area contributed by atoms with E-state index >= 15 is 0 Å². The summed E-state index contributed by atoms with van der Waals surface area (Å²) in [5, 5.41) is 6.08. The van der Waals surface area contributed by atoms with Gasteiger partial charge in [0.25, 0.3) is 0 Å². The maximum atomic E-state index is 13.2. The average molecular weight is 510 g/mol. The second kappa shape index (κ2) is 7.97. The van der Waals surface area contributed by atoms with Crippen molar-refractivity contribution in [3.8, 4) is 0 Å². The average Bonchev–Trinajstić information content (AvgIpc) is 2.83. The van der Waals surface area contributed by atoms with Crippen LogP contribution in [0.15, 0.2) is 50.2 Å². The van der Waals surface area contributed by atoms with Crippen LogP contribution in [0.1, 0.15) is 42.3 Å². The highest BCUT2D eigenvalue weighted by Crippen LogP contribution is 2.38. The Morgan fingerprint density at radius 2 is 1.85 bits per heavy atom. The lowest BCUT2D eigenvalue weighted by Gasteiger charge is -2.27. The minimum absolute atomic E-state index is 0.0411. The van der Waals surface area contributed by atoms with E-state index in [1.165, 1.54) is 4.90 Å². The molecule has 2 unspecified atom stereocenters. The Balaban J connectivity index is 1.63. The van der Waals surface area contributed by atoms with Gasteiger partial charge in [-0.2, -0.15) is 0 Å². The molecule has 27 heavy (non-hydrogen) atoms. The highest BCUT2D eigenvalue weighted by Gasteiger charge is 2.32. The molecule has 2 atom stereocenters. The fourth-order valence-corrected chi connectivity index (χ4v) is 5.46. The summed E-state index contributed by atoms with van der Waals surface area (Å²) in [6, 6.07) is 11.8. The van der Waals surface area contributed by atoms with Crippen LogP contribution >= 0.6 is 43.6 Å². The van der Waals surface area contributed by atoms with Gasteiger partial charge in [-0.05, 0) is 66.1 Å². The molecule has 2 aromatic carbocycles. The Labute approximate surface area is 179 Å². The number of carbonyl (C=O) groups is 2. The standard InChI is InChI=1S/C20H18Br2N2O2S/c21-11-3-5-17-13(8-11)14(10-19(25)23-17)20(26)24-16-2-1-7-27-18-6-4-12(22)9-15(16)18/h3-6,8-9,14,16H,1-2,7,10H2,(H,23,25)(H,24,26). The maximum Gasteiger partial charge on any atom is 0.228 e. The SMILES string of the molecule is O=C1CC(C(=O)NC2CCCSc3ccc(Br)cc32)c2cc(Br)ccc2N1. The summed E-state index contributed by atoms with van der Waals surface area (Å²) in [7, 11) is 0. The molecule has 2 aliphatic heterocycles. The second-order valence-electron chi connectivity index (χ2n) is 6.77. The van der Waals surface area contributed by atoms with Crippen LogP contribution in [0.25, 0.3) is 0 Å². The van der Waals surface area contributed by atoms with Crippen LogP contribution in [0.5, 0.6) is 0 Å². The molecule has 0 aliphatic carbocycles. The van der Waals surface area contributed by atoms with Crippen molar-refractivity contribution >= 4 is 61.1 Å². The van der Waals surface area contributed by atoms with E-state index in [0.717, 1.165) is 38.7 Å². The van der Waals surface area contributed by atoms with E-state index in [4.69, 9.17) is 0 Å². The van der Waals surface area contributed by atoms with Crippen LogP contribution in [0.3, 0.4) is 0 Å². The molecular formula is C20H18Br2N2O2S. The predicted molar refractivity (Wildman–Crippen MR) is 115 cm³/mol. The van der Waals surface area contributed by atoms with Crippen LogP contribution in [0, 0.1) is 0 Å². The lowest BCUT2D eigenvalue weighted by molar-refractivity contribution is -0.127. The van der Waals surface area contributed by atoms with E-state index in [1.54, 1.807) is 0 Å². The first-order valence-corrected chi connectivity index (χ1v) is 11.4. The number of rotatable bonds is 2. The largest absolute Gasteiger partial charge is 0.349 e. The van der Waals surface area contributed by atoms with Gasteiger partial charge >= 0.3 is 0 Å². The third-order valence-electron chi connectivity index (χ3n) is 4.93. The summed E-state index contributed by atoms with van der Waals surface area (Å²) in [5.74, 6) is 0.358. The van der Waals surface area contributed by atoms with Crippen molar-refractivity contribution in [1.29, 1.82) is 0 Å². The lowest BCUT2D eigenvalue weighted by Crippen LogP contribution is -2.37. The molecule has 0 radical (unpaired) electrons. The molecule has 7 heteroatoms. The molecule has 4 nitrogen and oxygen atoms in total. The zero-order valence-corrected chi connectivity index (χ0v) is 18.4. The molecule has 0 spiro atoms. The molecule has 0 saturated heterocycles. The molecule has 2 heterocycles. The van der Waals surface area contributed by atoms with Crippen molar-refractivity contribution in [2.75, 3.05) is 11.1 Å². The summed E-state index contributed by atoms with van der Waals surface area (Å²) in [5.41, 5.74) is 2.73. The Morgan fingerprint density at radius 3 is 2.67 bits per heavy atom. The normalized spacial score (nSPS) is 21.5. The molecule has 0 aromatic heterocycles. The molecule has 2 aromatic rings. The molecule has 0 bridgehead atoms. The highest BCUT2D eigenvalue weighted by molar-refractivity contribution is 9.10. The smallest absolute Gasteiger partial charge is 0.228 e. The van der Waals surface area contributed by atoms with Crippen molar-refractivity contribution < 1.29 is 9.59 Å². The number of thioether (sulfide) groups is 1. The number of nitrogens with one attached hydrogen (secondary N) is 2. The van der Waals surface area contributed by atoms with Gasteiger partial charge in [0.1, 0.15) is 0 Å². The van der Waals surface area contributed by atoms with E-state index in [2.05, 4.69) is 54.6 Å². The van der Waals surface area contributed by atoms with Crippen LogP contribution in [0.2, 0.25) is 0 Å². The molecule has 0 fully saturated rings. The van der Waals surface area contributed by atoms with Crippen molar-refractivity contribution in [3.63, 3.8) is 0 Å². The minimum atomic E-state index is -0.474. The molecule has 2 amide bonds. The van der Waals surface area contributed by atoms with Gasteiger partial charge in [0, 0.05) is 25.9 Å². The van der Waals surface area contributed by atoms with Crippen molar-refractivity contribution in [1.82, 2.24) is 5.32 Å². The summed E-state index contributed by atoms with van der Waals surface area (Å²) in [4.78, 5) is 26.5. The third kappa shape index (κ3) is 4.10. The van der Waals surface area contributed by atoms with E-state index < -0.39 is 5.92 Å². The van der Waals surface area contributed by atoms with Crippen LogP contribution in [0.4, 0.5) is 5.69 Å². The lowest BCUT2D eigenvalue weighted by atomic mass is 9.89. The van der Waals surface area contributed by atoms with Crippen molar-refractivity contribution in [2.24, 2.45) is 0 Å². The zero-order valence-electron chi connectivity index (χ0n) is 14.4. The second-order valence-corrected chi connectivity index (χ2v) is 9.74. The molecular weight excluding hydrogens is 492 g/mol. The Morgan fingerprint density at radius 1 is 1.11 bits per heavy atom. The van der Waals surface area contributed by atoms with Crippen molar-refractivity contribution in [2.45, 2.75) is 36.1 Å². The number of hydrogen-bond acceptors (Lipinski definition) is 3. The number of fused-ring (bicyclic) bond motifs is 2. The van der Waals surface area contributed by atoms with Crippen LogP contribution in [-0.4, -0.2) is 17.6 Å². The van der Waals surface area contributed by atoms with Crippen LogP contribution in [-0.2, 0) is 9.59 Å². The molecule has 2 N–H and O–H groups in total. The Kier molecular flexibility index (Phi) is 5.62. The number of benzene rings is 2. The van der Waals surface area contributed by atoms with Gasteiger partial charge in [0.05, 0.1) is 12.0 Å². The maximum absolute atomic E-state index is 13.2. The van der Waals surface area contributed by atoms with Gasteiger partial charge in [-0.15, -0.1) is 11.8 Å². The minimum Gasteiger partial charge on any atom is -0.349 e. The van der Waals surface area contributed by atoms with E-state index in [0.29, 0.717) is 5.69 Å². The van der Waals surface area contributed by atoms with E-state index in [9.17, 15) is 9.59 Å². The topological polar surface area (TPSA) is 58.2 Å². The van der Waals surface area contributed by atoms with E-state index in [-0.39, 0.29) is 24.3 Å². The quantitative estimate of drug-likeness (QED) is 0.571. The summed E-state index contributed by atoms with van der Waals surface area (Å²) in [6.45, 7) is 0. The molecule has 2 aliphatic rings. The molecule has 4 rings (SSSR count). The summed E-state index contributed by atoms with van der Waals surface area (Å²) >= 11 is 8.84. The fraction of sp³-hybridized carbons (Fsp3) is 0.300. The summed E-state index contributed by atoms with van der Waals surface area (Å²) in [6.07, 6.45) is 2.10. The first-order valence-electron chi connectivity index (χ1n) is 8.83. The van der Waals surface area contributed by atoms with Gasteiger partial charge in [-0.25, -0.2) is 0 Å². The predicted octanol–water partition coefficient (Wildman–Crippen LogP) is 5.38. The fourth-order valence-electron chi connectivity index (χ4n) is 3.64. The number of anilines is 1. The van der Waals surface area contributed by atoms with Gasteiger partial charge < -0.3 is 10.6 Å². The Bertz CT molecular complexity index is 919. The number of hydrogen-bond donors (Lipinski definition) is 2. The van der Waals surface area contributed by atoms with Crippen LogP contribution < -0.4 is 10.6 Å². The van der Waals surface area contributed by atoms with Crippen molar-refractivity contribution in [3.05, 3.63) is 56.5 Å². The highest BCUT2D eigenvalue weighted by atomic mass is 79.9. The zero-order chi connectivity index (χ0) is 19.0. The molecule has 140 valence electrons. The summed E-state index contributed by atoms with van der Waals surface area (Å²) < 4.78 is 1.91. The van der Waals surface area contributed by atoms with Gasteiger partial charge in [0.15, 0.2) is 0 Å². The third-order valence-corrected chi connectivity index (χ3v) is 7.09. The number of halogens is 2. The monoisotopic (exact) mass is 508 g/mol. The van der Waals surface area contributed by atoms with E-state index in [1.807, 2.05) is 36.0 Å². The number of carbonyl (C=O) groups excluding carboxylic acids is 2. The Hall–Kier alpha value is -1.31. The first-order chi connectivity index (χ1) is 13.0. The molecule has 0 saturated carbocycles. The van der Waals surface area contributed by atoms with Gasteiger partial charge in [-0.1, -0.05) is 31.9 Å². The number of amides is 2. The first kappa shape index (κ1) is 19.0. The van der Waals surface area contributed by atoms with Gasteiger partial charge in [-0.3, -0.25) is 9.59 Å².